The Morgan fingerprint density at radius 1 is 0.848 bits per heavy atom. The molecule has 240 valence electrons. The van der Waals surface area contributed by atoms with Crippen LogP contribution >= 0.6 is 11.6 Å². The number of ketones is 1. The van der Waals surface area contributed by atoms with Gasteiger partial charge < -0.3 is 5.32 Å². The minimum absolute atomic E-state index is 0.0127. The summed E-state index contributed by atoms with van der Waals surface area (Å²) in [5.74, 6) is -1.89. The number of hydrogen-bond acceptors (Lipinski definition) is 5. The van der Waals surface area contributed by atoms with Gasteiger partial charge in [-0.05, 0) is 85.2 Å². The monoisotopic (exact) mass is 658 g/mol. The summed E-state index contributed by atoms with van der Waals surface area (Å²) in [6.07, 6.45) is 2.90. The van der Waals surface area contributed by atoms with Gasteiger partial charge in [-0.2, -0.15) is 0 Å². The van der Waals surface area contributed by atoms with E-state index in [1.165, 1.54) is 12.1 Å². The molecule has 0 aliphatic heterocycles. The molecule has 46 heavy (non-hydrogen) atoms. The molecule has 0 radical (unpaired) electrons. The van der Waals surface area contributed by atoms with E-state index in [0.717, 1.165) is 40.8 Å². The lowest BCUT2D eigenvalue weighted by Gasteiger charge is -2.18. The highest BCUT2D eigenvalue weighted by molar-refractivity contribution is 7.90. The van der Waals surface area contributed by atoms with Gasteiger partial charge in [-0.25, -0.2) is 13.1 Å². The van der Waals surface area contributed by atoms with E-state index >= 15 is 0 Å². The first-order chi connectivity index (χ1) is 22.0. The van der Waals surface area contributed by atoms with Crippen LogP contribution < -0.4 is 10.0 Å². The number of carbonyl (C=O) groups excluding carboxylic acids is 3. The van der Waals surface area contributed by atoms with Crippen molar-refractivity contribution in [2.24, 2.45) is 5.92 Å². The number of sulfonamides is 1. The van der Waals surface area contributed by atoms with Gasteiger partial charge in [0.05, 0.1) is 4.90 Å². The first kappa shape index (κ1) is 34.6. The maximum absolute atomic E-state index is 13.6. The van der Waals surface area contributed by atoms with Crippen LogP contribution in [-0.4, -0.2) is 26.0 Å². The average Bonchev–Trinajstić information content (AvgIpc) is 3.03. The van der Waals surface area contributed by atoms with Crippen molar-refractivity contribution in [3.63, 3.8) is 0 Å². The summed E-state index contributed by atoms with van der Waals surface area (Å²) >= 11 is 6.14. The van der Waals surface area contributed by atoms with Gasteiger partial charge >= 0.3 is 0 Å². The first-order valence-corrected chi connectivity index (χ1v) is 17.2. The Balaban J connectivity index is 1.51. The van der Waals surface area contributed by atoms with Crippen molar-refractivity contribution in [1.82, 2.24) is 4.72 Å². The molecule has 1 atom stereocenters. The number of nitrogens with one attached hydrogen (secondary N) is 2. The molecule has 0 aromatic heterocycles. The van der Waals surface area contributed by atoms with Crippen LogP contribution in [0.5, 0.6) is 0 Å². The van der Waals surface area contributed by atoms with E-state index in [1.807, 2.05) is 80.6 Å². The van der Waals surface area contributed by atoms with Gasteiger partial charge in [-0.1, -0.05) is 91.7 Å². The van der Waals surface area contributed by atoms with E-state index in [1.54, 1.807) is 19.1 Å². The number of rotatable bonds is 14. The summed E-state index contributed by atoms with van der Waals surface area (Å²) < 4.78 is 28.6. The number of amides is 2. The number of halogens is 1. The minimum atomic E-state index is -4.22. The summed E-state index contributed by atoms with van der Waals surface area (Å²) in [5.41, 5.74) is 5.07. The van der Waals surface area contributed by atoms with E-state index in [9.17, 15) is 22.8 Å². The maximum Gasteiger partial charge on any atom is 0.264 e. The van der Waals surface area contributed by atoms with Crippen LogP contribution in [-0.2, 0) is 26.0 Å². The van der Waals surface area contributed by atoms with Crippen molar-refractivity contribution in [2.75, 3.05) is 5.32 Å². The predicted octanol–water partition coefficient (Wildman–Crippen LogP) is 8.08. The number of anilines is 1. The highest BCUT2D eigenvalue weighted by Gasteiger charge is 2.28. The summed E-state index contributed by atoms with van der Waals surface area (Å²) in [4.78, 5) is 39.1. The van der Waals surface area contributed by atoms with Crippen molar-refractivity contribution < 1.29 is 22.8 Å². The van der Waals surface area contributed by atoms with E-state index in [0.29, 0.717) is 24.0 Å². The normalized spacial score (nSPS) is 11.9. The second-order valence-corrected chi connectivity index (χ2v) is 13.5. The highest BCUT2D eigenvalue weighted by Crippen LogP contribution is 2.27. The Hall–Kier alpha value is -4.27. The summed E-state index contributed by atoms with van der Waals surface area (Å²) in [7, 11) is -4.22. The average molecular weight is 659 g/mol. The molecule has 4 rings (SSSR count). The van der Waals surface area contributed by atoms with E-state index < -0.39 is 21.8 Å². The molecule has 0 aliphatic rings. The Kier molecular flexibility index (Phi) is 11.9. The number of benzene rings is 4. The van der Waals surface area contributed by atoms with E-state index in [-0.39, 0.29) is 34.5 Å². The lowest BCUT2D eigenvalue weighted by molar-refractivity contribution is -0.123. The molecule has 0 heterocycles. The fraction of sp³-hybridized carbons (Fsp3) is 0.270. The molecule has 0 bridgehead atoms. The fourth-order valence-electron chi connectivity index (χ4n) is 5.26. The zero-order chi connectivity index (χ0) is 33.3. The van der Waals surface area contributed by atoms with Crippen LogP contribution in [0.3, 0.4) is 0 Å². The topological polar surface area (TPSA) is 109 Å². The van der Waals surface area contributed by atoms with Crippen molar-refractivity contribution in [2.45, 2.75) is 64.2 Å². The zero-order valence-corrected chi connectivity index (χ0v) is 27.9. The second-order valence-electron chi connectivity index (χ2n) is 11.4. The standard InChI is InChI=1S/C37H39ClN2O5S/c1-4-5-14-36(42)39-31-20-17-28(18-21-31)29-19-22-32(25(2)23-29)34(41)24-30(16-15-27-10-7-6-8-11-27)37(43)40-46(44,45)35-13-9-12-33(38)26(35)3/h6-13,17-23,30H,4-5,14-16,24H2,1-3H3,(H,39,42)(H,40,43). The van der Waals surface area contributed by atoms with Gasteiger partial charge in [0.2, 0.25) is 11.8 Å². The second kappa shape index (κ2) is 15.8. The molecule has 1 unspecified atom stereocenters. The van der Waals surface area contributed by atoms with Gasteiger partial charge in [-0.15, -0.1) is 0 Å². The summed E-state index contributed by atoms with van der Waals surface area (Å²) in [5, 5.41) is 3.18. The molecule has 0 saturated heterocycles. The molecule has 4 aromatic carbocycles. The number of hydrogen-bond donors (Lipinski definition) is 2. The van der Waals surface area contributed by atoms with Crippen LogP contribution in [0.1, 0.15) is 66.1 Å². The molecule has 0 fully saturated rings. The SMILES string of the molecule is CCCCC(=O)Nc1ccc(-c2ccc(C(=O)CC(CCc3ccccc3)C(=O)NS(=O)(=O)c3cccc(Cl)c3C)c(C)c2)cc1. The summed E-state index contributed by atoms with van der Waals surface area (Å²) in [6, 6.07) is 27.0. The van der Waals surface area contributed by atoms with E-state index in [4.69, 9.17) is 11.6 Å². The van der Waals surface area contributed by atoms with Crippen LogP contribution in [0.2, 0.25) is 5.02 Å². The maximum atomic E-state index is 13.6. The molecule has 7 nitrogen and oxygen atoms in total. The third-order valence-electron chi connectivity index (χ3n) is 7.96. The fourth-order valence-corrected chi connectivity index (χ4v) is 6.80. The Labute approximate surface area is 276 Å². The predicted molar refractivity (Wildman–Crippen MR) is 183 cm³/mol. The van der Waals surface area contributed by atoms with Crippen molar-refractivity contribution in [1.29, 1.82) is 0 Å². The van der Waals surface area contributed by atoms with Gasteiger partial charge in [0.25, 0.3) is 10.0 Å². The highest BCUT2D eigenvalue weighted by atomic mass is 35.5. The minimum Gasteiger partial charge on any atom is -0.326 e. The molecule has 0 saturated carbocycles. The van der Waals surface area contributed by atoms with E-state index in [2.05, 4.69) is 10.0 Å². The lowest BCUT2D eigenvalue weighted by atomic mass is 9.89. The Bertz CT molecular complexity index is 1810. The van der Waals surface area contributed by atoms with Crippen LogP contribution in [0.4, 0.5) is 5.69 Å². The van der Waals surface area contributed by atoms with Crippen LogP contribution in [0.25, 0.3) is 11.1 Å². The Morgan fingerprint density at radius 2 is 1.54 bits per heavy atom. The molecular weight excluding hydrogens is 620 g/mol. The summed E-state index contributed by atoms with van der Waals surface area (Å²) in [6.45, 7) is 5.46. The van der Waals surface area contributed by atoms with Crippen molar-refractivity contribution >= 4 is 44.9 Å². The Morgan fingerprint density at radius 3 is 2.22 bits per heavy atom. The molecule has 4 aromatic rings. The van der Waals surface area contributed by atoms with Gasteiger partial charge in [-0.3, -0.25) is 14.4 Å². The molecule has 9 heteroatoms. The van der Waals surface area contributed by atoms with Gasteiger partial charge in [0.15, 0.2) is 5.78 Å². The molecule has 0 spiro atoms. The molecule has 2 N–H and O–H groups in total. The smallest absolute Gasteiger partial charge is 0.264 e. The molecule has 2 amide bonds. The van der Waals surface area contributed by atoms with Crippen molar-refractivity contribution in [3.8, 4) is 11.1 Å². The van der Waals surface area contributed by atoms with Gasteiger partial charge in [0.1, 0.15) is 0 Å². The zero-order valence-electron chi connectivity index (χ0n) is 26.3. The number of carbonyl (C=O) groups is 3. The molecule has 0 aliphatic carbocycles. The van der Waals surface area contributed by atoms with Gasteiger partial charge in [0, 0.05) is 35.0 Å². The molecular formula is C37H39ClN2O5S. The van der Waals surface area contributed by atoms with Crippen molar-refractivity contribution in [3.05, 3.63) is 118 Å². The number of aryl methyl sites for hydroxylation is 2. The van der Waals surface area contributed by atoms with Crippen LogP contribution in [0.15, 0.2) is 95.9 Å². The third-order valence-corrected chi connectivity index (χ3v) is 9.86. The quantitative estimate of drug-likeness (QED) is 0.133. The first-order valence-electron chi connectivity index (χ1n) is 15.4. The number of unbranched alkanes of at least 4 members (excludes halogenated alkanes) is 1. The van der Waals surface area contributed by atoms with Crippen LogP contribution in [0, 0.1) is 19.8 Å². The third kappa shape index (κ3) is 9.14. The largest absolute Gasteiger partial charge is 0.326 e. The lowest BCUT2D eigenvalue weighted by Crippen LogP contribution is -2.37. The number of Topliss-reactive ketones (excluding diaryl/α,β-unsaturated/α-hetero) is 1.